The van der Waals surface area contributed by atoms with Crippen LogP contribution in [0.15, 0.2) is 42.6 Å². The van der Waals surface area contributed by atoms with Crippen LogP contribution in [0.4, 0.5) is 4.39 Å². The van der Waals surface area contributed by atoms with E-state index in [0.717, 1.165) is 36.2 Å². The van der Waals surface area contributed by atoms with Gasteiger partial charge in [0.25, 0.3) is 5.91 Å². The number of amides is 1. The zero-order valence-corrected chi connectivity index (χ0v) is 16.3. The molecule has 1 unspecified atom stereocenters. The summed E-state index contributed by atoms with van der Waals surface area (Å²) in [4.78, 5) is 18.8. The fourth-order valence-corrected chi connectivity index (χ4v) is 3.68. The topological polar surface area (TPSA) is 72.3 Å². The van der Waals surface area contributed by atoms with E-state index in [1.165, 1.54) is 24.3 Å². The number of hydrogen-bond acceptors (Lipinski definition) is 5. The predicted molar refractivity (Wildman–Crippen MR) is 107 cm³/mol. The molecule has 0 saturated carbocycles. The number of likely N-dealkylation sites (tertiary alicyclic amines) is 1. The Hall–Kier alpha value is -3.00. The van der Waals surface area contributed by atoms with Crippen molar-refractivity contribution in [2.45, 2.75) is 18.9 Å². The maximum atomic E-state index is 12.9. The van der Waals surface area contributed by atoms with Crippen molar-refractivity contribution in [2.75, 3.05) is 33.3 Å². The summed E-state index contributed by atoms with van der Waals surface area (Å²) < 4.78 is 20.1. The van der Waals surface area contributed by atoms with Crippen molar-refractivity contribution in [3.63, 3.8) is 0 Å². The molecule has 1 fully saturated rings. The van der Waals surface area contributed by atoms with Crippen molar-refractivity contribution >= 4 is 16.9 Å². The van der Waals surface area contributed by atoms with Crippen LogP contribution in [-0.2, 0) is 11.3 Å². The zero-order valence-electron chi connectivity index (χ0n) is 16.3. The van der Waals surface area contributed by atoms with E-state index >= 15 is 0 Å². The highest BCUT2D eigenvalue weighted by molar-refractivity contribution is 5.79. The van der Waals surface area contributed by atoms with Gasteiger partial charge in [-0.1, -0.05) is 0 Å². The van der Waals surface area contributed by atoms with Gasteiger partial charge in [0.15, 0.2) is 12.3 Å². The summed E-state index contributed by atoms with van der Waals surface area (Å²) in [6, 6.07) is 9.57. The molecule has 4 rings (SSSR count). The van der Waals surface area contributed by atoms with Gasteiger partial charge in [0.1, 0.15) is 11.6 Å². The van der Waals surface area contributed by atoms with Gasteiger partial charge in [0, 0.05) is 30.6 Å². The van der Waals surface area contributed by atoms with Crippen molar-refractivity contribution in [3.05, 3.63) is 54.1 Å². The zero-order chi connectivity index (χ0) is 20.2. The summed E-state index contributed by atoms with van der Waals surface area (Å²) >= 11 is 0. The van der Waals surface area contributed by atoms with E-state index in [4.69, 9.17) is 9.84 Å². The monoisotopic (exact) mass is 397 g/mol. The van der Waals surface area contributed by atoms with Crippen LogP contribution in [0.1, 0.15) is 18.0 Å². The normalized spacial score (nSPS) is 17.0. The fraction of sp³-hybridized carbons (Fsp3) is 0.381. The third kappa shape index (κ3) is 4.54. The summed E-state index contributed by atoms with van der Waals surface area (Å²) in [6.45, 7) is 2.90. The van der Waals surface area contributed by atoms with E-state index in [2.05, 4.69) is 28.3 Å². The third-order valence-electron chi connectivity index (χ3n) is 5.14. The van der Waals surface area contributed by atoms with Crippen molar-refractivity contribution in [2.24, 2.45) is 0 Å². The second-order valence-corrected chi connectivity index (χ2v) is 7.32. The van der Waals surface area contributed by atoms with Crippen molar-refractivity contribution in [1.82, 2.24) is 25.0 Å². The Kier molecular flexibility index (Phi) is 5.71. The van der Waals surface area contributed by atoms with Crippen LogP contribution >= 0.6 is 0 Å². The molecule has 1 aromatic carbocycles. The van der Waals surface area contributed by atoms with Gasteiger partial charge in [-0.3, -0.25) is 4.79 Å². The van der Waals surface area contributed by atoms with Crippen LogP contribution in [-0.4, -0.2) is 58.9 Å². The number of nitrogens with zero attached hydrogens (tertiary/aromatic N) is 4. The van der Waals surface area contributed by atoms with E-state index in [1.54, 1.807) is 6.20 Å². The Balaban J connectivity index is 1.34. The van der Waals surface area contributed by atoms with Crippen molar-refractivity contribution in [1.29, 1.82) is 0 Å². The Morgan fingerprint density at radius 3 is 2.90 bits per heavy atom. The van der Waals surface area contributed by atoms with Crippen LogP contribution in [0.3, 0.4) is 0 Å². The van der Waals surface area contributed by atoms with E-state index in [-0.39, 0.29) is 18.3 Å². The summed E-state index contributed by atoms with van der Waals surface area (Å²) in [7, 11) is 2.13. The first-order valence-corrected chi connectivity index (χ1v) is 9.75. The van der Waals surface area contributed by atoms with Crippen LogP contribution in [0.25, 0.3) is 11.0 Å². The number of pyridine rings is 1. The second kappa shape index (κ2) is 8.57. The Morgan fingerprint density at radius 2 is 2.14 bits per heavy atom. The number of nitrogens with one attached hydrogen (secondary N) is 1. The van der Waals surface area contributed by atoms with Gasteiger partial charge in [-0.05, 0) is 56.4 Å². The molecule has 0 radical (unpaired) electrons. The lowest BCUT2D eigenvalue weighted by Gasteiger charge is -2.08. The molecule has 1 amide bonds. The molecule has 2 aromatic heterocycles. The highest BCUT2D eigenvalue weighted by atomic mass is 19.1. The minimum Gasteiger partial charge on any atom is -0.484 e. The Labute approximate surface area is 168 Å². The number of likely N-dealkylation sites (N-methyl/N-ethyl adjacent to an activating group) is 1. The lowest BCUT2D eigenvalue weighted by molar-refractivity contribution is -0.123. The van der Waals surface area contributed by atoms with Crippen LogP contribution in [0, 0.1) is 5.82 Å². The second-order valence-electron chi connectivity index (χ2n) is 7.32. The summed E-state index contributed by atoms with van der Waals surface area (Å²) in [5, 5.41) is 8.72. The number of halogens is 1. The fourth-order valence-electron chi connectivity index (χ4n) is 3.68. The number of ether oxygens (including phenoxy) is 1. The standard InChI is InChI=1S/C21H24FN5O2/c1-26-11-8-15(13-26)20-18-3-2-9-24-21(18)27(25-20)12-10-23-19(28)14-29-17-6-4-16(22)5-7-17/h2-7,9,15H,8,10-14H2,1H3,(H,23,28). The number of carbonyl (C=O) groups is 1. The minimum atomic E-state index is -0.342. The van der Waals surface area contributed by atoms with Gasteiger partial charge in [0.05, 0.1) is 12.2 Å². The highest BCUT2D eigenvalue weighted by Crippen LogP contribution is 2.30. The summed E-state index contributed by atoms with van der Waals surface area (Å²) in [5.74, 6) is 0.281. The lowest BCUT2D eigenvalue weighted by atomic mass is 10.0. The van der Waals surface area contributed by atoms with Gasteiger partial charge >= 0.3 is 0 Å². The molecule has 1 saturated heterocycles. The quantitative estimate of drug-likeness (QED) is 0.662. The first kappa shape index (κ1) is 19.3. The first-order valence-electron chi connectivity index (χ1n) is 9.75. The number of aromatic nitrogens is 3. The molecule has 7 nitrogen and oxygen atoms in total. The number of rotatable bonds is 7. The van der Waals surface area contributed by atoms with Crippen LogP contribution in [0.2, 0.25) is 0 Å². The average Bonchev–Trinajstić information content (AvgIpc) is 3.31. The van der Waals surface area contributed by atoms with Gasteiger partial charge < -0.3 is 15.0 Å². The molecule has 0 bridgehead atoms. The maximum absolute atomic E-state index is 12.9. The molecule has 3 aromatic rings. The Bertz CT molecular complexity index is 988. The predicted octanol–water partition coefficient (Wildman–Crippen LogP) is 2.18. The first-order chi connectivity index (χ1) is 14.1. The molecule has 0 aliphatic carbocycles. The van der Waals surface area contributed by atoms with Gasteiger partial charge in [-0.25, -0.2) is 14.1 Å². The number of carbonyl (C=O) groups excluding carboxylic acids is 1. The molecule has 1 aliphatic rings. The van der Waals surface area contributed by atoms with Crippen LogP contribution < -0.4 is 10.1 Å². The molecule has 152 valence electrons. The molecule has 0 spiro atoms. The van der Waals surface area contributed by atoms with Crippen LogP contribution in [0.5, 0.6) is 5.75 Å². The number of fused-ring (bicyclic) bond motifs is 1. The van der Waals surface area contributed by atoms with E-state index in [9.17, 15) is 9.18 Å². The molecule has 1 N–H and O–H groups in total. The van der Waals surface area contributed by atoms with Gasteiger partial charge in [-0.2, -0.15) is 5.10 Å². The largest absolute Gasteiger partial charge is 0.484 e. The molecular weight excluding hydrogens is 373 g/mol. The molecule has 8 heteroatoms. The smallest absolute Gasteiger partial charge is 0.258 e. The van der Waals surface area contributed by atoms with Gasteiger partial charge in [-0.15, -0.1) is 0 Å². The van der Waals surface area contributed by atoms with Crippen molar-refractivity contribution in [3.8, 4) is 5.75 Å². The molecule has 1 aliphatic heterocycles. The SMILES string of the molecule is CN1CCC(c2nn(CCNC(=O)COc3ccc(F)cc3)c3ncccc23)C1. The van der Waals surface area contributed by atoms with Gasteiger partial charge in [0.2, 0.25) is 0 Å². The number of hydrogen-bond donors (Lipinski definition) is 1. The highest BCUT2D eigenvalue weighted by Gasteiger charge is 2.26. The molecule has 1 atom stereocenters. The molecular formula is C21H24FN5O2. The number of benzene rings is 1. The molecule has 3 heterocycles. The van der Waals surface area contributed by atoms with E-state index < -0.39 is 0 Å². The lowest BCUT2D eigenvalue weighted by Crippen LogP contribution is -2.31. The summed E-state index contributed by atoms with van der Waals surface area (Å²) in [5.41, 5.74) is 1.93. The third-order valence-corrected chi connectivity index (χ3v) is 5.14. The van der Waals surface area contributed by atoms with E-state index in [0.29, 0.717) is 24.8 Å². The average molecular weight is 397 g/mol. The summed E-state index contributed by atoms with van der Waals surface area (Å²) in [6.07, 6.45) is 2.86. The van der Waals surface area contributed by atoms with E-state index in [1.807, 2.05) is 10.7 Å². The Morgan fingerprint density at radius 1 is 1.31 bits per heavy atom. The maximum Gasteiger partial charge on any atom is 0.258 e. The molecule has 29 heavy (non-hydrogen) atoms. The minimum absolute atomic E-state index is 0.122. The van der Waals surface area contributed by atoms with Crippen molar-refractivity contribution < 1.29 is 13.9 Å².